The normalized spacial score (nSPS) is 20.0. The summed E-state index contributed by atoms with van der Waals surface area (Å²) in [4.78, 5) is 0. The van der Waals surface area contributed by atoms with E-state index in [9.17, 15) is 0 Å². The number of piperidine rings is 2. The molecule has 2 aromatic carbocycles. The molecule has 5 heteroatoms. The minimum absolute atomic E-state index is 0.340. The van der Waals surface area contributed by atoms with Gasteiger partial charge < -0.3 is 9.51 Å². The average molecular weight is 392 g/mol. The van der Waals surface area contributed by atoms with Gasteiger partial charge in [-0.25, -0.2) is 10.1 Å². The Morgan fingerprint density at radius 3 is 1.38 bits per heavy atom. The molecule has 2 aromatic rings. The molecule has 0 spiro atoms. The zero-order valence-electron chi connectivity index (χ0n) is 17.4. The summed E-state index contributed by atoms with van der Waals surface area (Å²) < 4.78 is 11.8. The van der Waals surface area contributed by atoms with Crippen LogP contribution in [0.5, 0.6) is 0 Å². The van der Waals surface area contributed by atoms with Crippen LogP contribution in [0.25, 0.3) is 0 Å². The van der Waals surface area contributed by atoms with Crippen LogP contribution < -0.4 is 0 Å². The van der Waals surface area contributed by atoms with Crippen LogP contribution in [0.1, 0.15) is 36.8 Å². The number of nitrogens with zero attached hydrogens (tertiary/aromatic N) is 2. The first kappa shape index (κ1) is 20.6. The van der Waals surface area contributed by atoms with Crippen molar-refractivity contribution in [2.75, 3.05) is 26.2 Å². The first-order valence-electron chi connectivity index (χ1n) is 11.2. The lowest BCUT2D eigenvalue weighted by molar-refractivity contribution is -0.145. The van der Waals surface area contributed by atoms with Crippen LogP contribution in [-0.4, -0.2) is 44.0 Å². The summed E-state index contributed by atoms with van der Waals surface area (Å²) in [5, 5.41) is 4.17. The highest BCUT2D eigenvalue weighted by molar-refractivity contribution is 6.17. The van der Waals surface area contributed by atoms with Gasteiger partial charge in [-0.15, -0.1) is 0 Å². The molecule has 0 bridgehead atoms. The van der Waals surface area contributed by atoms with Crippen molar-refractivity contribution in [2.24, 2.45) is 11.8 Å². The quantitative estimate of drug-likeness (QED) is 0.634. The van der Waals surface area contributed by atoms with E-state index in [4.69, 9.17) is 9.51 Å². The number of hydrogen-bond acceptors (Lipinski definition) is 4. The van der Waals surface area contributed by atoms with Gasteiger partial charge >= 0.3 is 7.69 Å². The maximum atomic E-state index is 5.88. The molecule has 2 aliphatic rings. The molecule has 2 fully saturated rings. The molecule has 154 valence electrons. The van der Waals surface area contributed by atoms with Gasteiger partial charge in [-0.2, -0.15) is 0 Å². The fourth-order valence-electron chi connectivity index (χ4n) is 4.55. The van der Waals surface area contributed by atoms with Gasteiger partial charge in [-0.05, 0) is 61.5 Å². The van der Waals surface area contributed by atoms with E-state index in [-0.39, 0.29) is 0 Å². The topological polar surface area (TPSA) is 24.9 Å². The Kier molecular flexibility index (Phi) is 7.77. The molecule has 0 N–H and O–H groups in total. The van der Waals surface area contributed by atoms with Gasteiger partial charge in [0.15, 0.2) is 0 Å². The van der Waals surface area contributed by atoms with Crippen LogP contribution in [0.4, 0.5) is 0 Å². The average Bonchev–Trinajstić information content (AvgIpc) is 2.78. The second-order valence-corrected chi connectivity index (χ2v) is 8.50. The summed E-state index contributed by atoms with van der Waals surface area (Å²) in [5.74, 6) is 1.53. The van der Waals surface area contributed by atoms with E-state index in [1.165, 1.54) is 49.7 Å². The van der Waals surface area contributed by atoms with Crippen molar-refractivity contribution < 1.29 is 9.51 Å². The van der Waals surface area contributed by atoms with Crippen LogP contribution in [0.3, 0.4) is 0 Å². The Morgan fingerprint density at radius 1 is 0.621 bits per heavy atom. The van der Waals surface area contributed by atoms with Gasteiger partial charge in [0, 0.05) is 26.2 Å². The van der Waals surface area contributed by atoms with Crippen LogP contribution in [0, 0.1) is 11.8 Å². The number of rotatable bonds is 8. The molecule has 0 amide bonds. The van der Waals surface area contributed by atoms with Gasteiger partial charge in [-0.1, -0.05) is 60.7 Å². The smallest absolute Gasteiger partial charge is 0.326 e. The van der Waals surface area contributed by atoms with Crippen molar-refractivity contribution in [3.63, 3.8) is 0 Å². The minimum atomic E-state index is 0.340. The van der Waals surface area contributed by atoms with E-state index < -0.39 is 0 Å². The molecule has 29 heavy (non-hydrogen) atoms. The highest BCUT2D eigenvalue weighted by Crippen LogP contribution is 2.23. The van der Waals surface area contributed by atoms with Crippen molar-refractivity contribution in [3.8, 4) is 0 Å². The van der Waals surface area contributed by atoms with Crippen LogP contribution in [0.2, 0.25) is 0 Å². The van der Waals surface area contributed by atoms with Crippen molar-refractivity contribution in [1.82, 2.24) is 10.1 Å². The third-order valence-electron chi connectivity index (χ3n) is 6.35. The van der Waals surface area contributed by atoms with Crippen LogP contribution in [0.15, 0.2) is 60.7 Å². The van der Waals surface area contributed by atoms with E-state index in [0.29, 0.717) is 7.69 Å². The monoisotopic (exact) mass is 392 g/mol. The van der Waals surface area contributed by atoms with E-state index in [1.807, 2.05) is 0 Å². The van der Waals surface area contributed by atoms with Crippen molar-refractivity contribution in [3.05, 3.63) is 71.8 Å². The van der Waals surface area contributed by atoms with Gasteiger partial charge in [-0.3, -0.25) is 0 Å². The molecule has 0 atom stereocenters. The van der Waals surface area contributed by atoms with Gasteiger partial charge in [0.2, 0.25) is 0 Å². The molecular formula is C24H33BN2O2. The standard InChI is InChI=1S/C24H33BN2O2/c1-3-7-21(8-4-1)19-23-11-15-26(16-12-23)28-25-29-27-17-13-24(14-18-27)20-22-9-5-2-6-10-22/h1-10,23-25H,11-20H2. The van der Waals surface area contributed by atoms with Gasteiger partial charge in [0.25, 0.3) is 0 Å². The summed E-state index contributed by atoms with van der Waals surface area (Å²) >= 11 is 0. The first-order valence-corrected chi connectivity index (χ1v) is 11.2. The molecule has 0 aliphatic carbocycles. The molecule has 4 rings (SSSR count). The van der Waals surface area contributed by atoms with Gasteiger partial charge in [0.05, 0.1) is 0 Å². The third kappa shape index (κ3) is 6.68. The molecule has 0 radical (unpaired) electrons. The van der Waals surface area contributed by atoms with Crippen molar-refractivity contribution in [1.29, 1.82) is 0 Å². The zero-order chi connectivity index (χ0) is 19.7. The van der Waals surface area contributed by atoms with Crippen molar-refractivity contribution >= 4 is 7.69 Å². The SMILES string of the molecule is B(ON1CCC(Cc2ccccc2)CC1)ON1CCC(Cc2ccccc2)CC1. The van der Waals surface area contributed by atoms with Gasteiger partial charge in [0.1, 0.15) is 0 Å². The second kappa shape index (κ2) is 10.9. The van der Waals surface area contributed by atoms with E-state index >= 15 is 0 Å². The maximum absolute atomic E-state index is 5.88. The molecule has 2 heterocycles. The van der Waals surface area contributed by atoms with E-state index in [1.54, 1.807) is 0 Å². The summed E-state index contributed by atoms with van der Waals surface area (Å²) in [6.45, 7) is 4.00. The number of hydroxylamine groups is 4. The van der Waals surface area contributed by atoms with E-state index in [2.05, 4.69) is 70.8 Å². The molecule has 4 nitrogen and oxygen atoms in total. The predicted molar refractivity (Wildman–Crippen MR) is 118 cm³/mol. The highest BCUT2D eigenvalue weighted by Gasteiger charge is 2.23. The molecule has 2 aliphatic heterocycles. The number of benzene rings is 2. The lowest BCUT2D eigenvalue weighted by Crippen LogP contribution is -2.39. The minimum Gasteiger partial charge on any atom is -0.326 e. The van der Waals surface area contributed by atoms with E-state index in [0.717, 1.165) is 38.0 Å². The molecular weight excluding hydrogens is 359 g/mol. The largest absolute Gasteiger partial charge is 0.474 e. The zero-order valence-corrected chi connectivity index (χ0v) is 17.4. The second-order valence-electron chi connectivity index (χ2n) is 8.50. The van der Waals surface area contributed by atoms with Crippen LogP contribution >= 0.6 is 0 Å². The Bertz CT molecular complexity index is 638. The molecule has 0 saturated carbocycles. The predicted octanol–water partition coefficient (Wildman–Crippen LogP) is 4.03. The first-order chi connectivity index (χ1) is 14.3. The molecule has 2 saturated heterocycles. The summed E-state index contributed by atoms with van der Waals surface area (Å²) in [6, 6.07) is 21.7. The fourth-order valence-corrected chi connectivity index (χ4v) is 4.55. The number of hydrogen-bond donors (Lipinski definition) is 0. The summed E-state index contributed by atoms with van der Waals surface area (Å²) in [5.41, 5.74) is 2.90. The lowest BCUT2D eigenvalue weighted by Gasteiger charge is -2.33. The highest BCUT2D eigenvalue weighted by atomic mass is 16.8. The Hall–Kier alpha value is -1.66. The van der Waals surface area contributed by atoms with Crippen molar-refractivity contribution in [2.45, 2.75) is 38.5 Å². The fraction of sp³-hybridized carbons (Fsp3) is 0.500. The Balaban J connectivity index is 1.07. The Labute approximate surface area is 176 Å². The molecule has 0 aromatic heterocycles. The third-order valence-corrected chi connectivity index (χ3v) is 6.35. The summed E-state index contributed by atoms with van der Waals surface area (Å²) in [7, 11) is 0.340. The molecule has 0 unspecified atom stereocenters. The van der Waals surface area contributed by atoms with Crippen LogP contribution in [-0.2, 0) is 22.4 Å². The maximum Gasteiger partial charge on any atom is 0.474 e. The lowest BCUT2D eigenvalue weighted by atomic mass is 9.91. The summed E-state index contributed by atoms with van der Waals surface area (Å²) in [6.07, 6.45) is 7.14. The Morgan fingerprint density at radius 2 is 1.00 bits per heavy atom.